The minimum Gasteiger partial charge on any atom is -0.544 e. The van der Waals surface area contributed by atoms with Crippen molar-refractivity contribution in [2.24, 2.45) is 0 Å². The van der Waals surface area contributed by atoms with Crippen molar-refractivity contribution < 1.29 is 38.2 Å². The third-order valence-electron chi connectivity index (χ3n) is 9.47. The van der Waals surface area contributed by atoms with Gasteiger partial charge >= 0.3 is 11.9 Å². The zero-order valence-corrected chi connectivity index (χ0v) is 37.9. The molecular formula is C51H83NO7. The summed E-state index contributed by atoms with van der Waals surface area (Å²) in [5.74, 6) is -1.81. The minimum atomic E-state index is -1.14. The Kier molecular flexibility index (Phi) is 38.4. The van der Waals surface area contributed by atoms with Crippen molar-refractivity contribution in [3.05, 3.63) is 97.2 Å². The van der Waals surface area contributed by atoms with E-state index in [1.165, 1.54) is 19.3 Å². The largest absolute Gasteiger partial charge is 0.544 e. The molecule has 59 heavy (non-hydrogen) atoms. The highest BCUT2D eigenvalue weighted by Crippen LogP contribution is 2.13. The second-order valence-electron chi connectivity index (χ2n) is 15.9. The second kappa shape index (κ2) is 41.0. The molecule has 2 unspecified atom stereocenters. The molecule has 0 bridgehead atoms. The van der Waals surface area contributed by atoms with E-state index in [-0.39, 0.29) is 42.7 Å². The summed E-state index contributed by atoms with van der Waals surface area (Å²) < 4.78 is 17.1. The van der Waals surface area contributed by atoms with Gasteiger partial charge in [0.1, 0.15) is 12.6 Å². The standard InChI is InChI=1S/C51H83NO7/c1-6-8-10-12-14-16-18-20-21-22-23-24-25-26-27-28-29-30-32-34-36-38-40-42-50(54)59-47(45-57-44-43-48(51(55)56)52(3,4)5)46-58-49(53)41-39-37-35-33-31-19-17-15-13-11-9-7-2/h8-11,14-17,20-21,23-24,26-27,31,33,47-48H,6-7,12-13,18-19,22,25,28-30,32,34-46H2,1-5H3/b10-8+,11-9+,16-14+,17-15+,21-20+,24-23+,27-26+,33-31+. The molecule has 2 atom stereocenters. The monoisotopic (exact) mass is 822 g/mol. The Balaban J connectivity index is 4.36. The van der Waals surface area contributed by atoms with Crippen LogP contribution in [0.2, 0.25) is 0 Å². The molecule has 0 spiro atoms. The van der Waals surface area contributed by atoms with Gasteiger partial charge in [-0.3, -0.25) is 9.59 Å². The number of carbonyl (C=O) groups excluding carboxylic acids is 3. The molecule has 0 saturated carbocycles. The van der Waals surface area contributed by atoms with Crippen LogP contribution in [0.15, 0.2) is 97.2 Å². The molecule has 8 nitrogen and oxygen atoms in total. The molecule has 0 aliphatic carbocycles. The Morgan fingerprint density at radius 3 is 1.36 bits per heavy atom. The van der Waals surface area contributed by atoms with Crippen LogP contribution in [0.3, 0.4) is 0 Å². The lowest BCUT2D eigenvalue weighted by Crippen LogP contribution is -2.55. The quantitative estimate of drug-likeness (QED) is 0.0263. The summed E-state index contributed by atoms with van der Waals surface area (Å²) in [6.07, 6.45) is 54.4. The Morgan fingerprint density at radius 1 is 0.508 bits per heavy atom. The van der Waals surface area contributed by atoms with Crippen LogP contribution in [0.1, 0.15) is 155 Å². The highest BCUT2D eigenvalue weighted by molar-refractivity contribution is 5.70. The SMILES string of the molecule is CC/C=C/C/C=C/C/C=C/C/C=C/C/C=C/CCCCCCCCCC(=O)OC(COCCC(C(=O)[O-])[N+](C)(C)C)COC(=O)CCCC/C=C/C/C=C/C/C=C/CC. The molecule has 0 radical (unpaired) electrons. The van der Waals surface area contributed by atoms with Gasteiger partial charge in [0.05, 0.1) is 40.3 Å². The zero-order chi connectivity index (χ0) is 43.5. The Bertz CT molecular complexity index is 1280. The average Bonchev–Trinajstić information content (AvgIpc) is 3.19. The van der Waals surface area contributed by atoms with Crippen LogP contribution in [-0.2, 0) is 28.6 Å². The lowest BCUT2D eigenvalue weighted by Gasteiger charge is -2.34. The number of aliphatic carboxylic acids is 1. The van der Waals surface area contributed by atoms with Crippen LogP contribution in [-0.4, -0.2) is 75.5 Å². The number of carboxylic acids is 1. The zero-order valence-electron chi connectivity index (χ0n) is 37.9. The number of allylic oxidation sites excluding steroid dienone is 16. The molecule has 334 valence electrons. The summed E-state index contributed by atoms with van der Waals surface area (Å²) in [5, 5.41) is 11.6. The molecule has 0 amide bonds. The van der Waals surface area contributed by atoms with Gasteiger partial charge in [-0.05, 0) is 89.9 Å². The number of nitrogens with zero attached hydrogens (tertiary/aromatic N) is 1. The predicted molar refractivity (Wildman–Crippen MR) is 245 cm³/mol. The van der Waals surface area contributed by atoms with Gasteiger partial charge in [0.2, 0.25) is 0 Å². The first-order valence-electron chi connectivity index (χ1n) is 22.8. The molecular weight excluding hydrogens is 739 g/mol. The van der Waals surface area contributed by atoms with Crippen molar-refractivity contribution in [3.8, 4) is 0 Å². The summed E-state index contributed by atoms with van der Waals surface area (Å²) in [7, 11) is 5.38. The van der Waals surface area contributed by atoms with Gasteiger partial charge in [-0.15, -0.1) is 0 Å². The maximum absolute atomic E-state index is 12.7. The number of esters is 2. The summed E-state index contributed by atoms with van der Waals surface area (Å²) in [5.41, 5.74) is 0. The number of carbonyl (C=O) groups is 3. The van der Waals surface area contributed by atoms with Gasteiger partial charge in [0.25, 0.3) is 0 Å². The normalized spacial score (nSPS) is 13.8. The molecule has 0 aliphatic heterocycles. The van der Waals surface area contributed by atoms with E-state index >= 15 is 0 Å². The highest BCUT2D eigenvalue weighted by Gasteiger charge is 2.25. The number of hydrogen-bond acceptors (Lipinski definition) is 7. The topological polar surface area (TPSA) is 102 Å². The third kappa shape index (κ3) is 39.5. The van der Waals surface area contributed by atoms with Crippen LogP contribution >= 0.6 is 0 Å². The van der Waals surface area contributed by atoms with E-state index in [1.54, 1.807) is 21.1 Å². The molecule has 8 heteroatoms. The fourth-order valence-electron chi connectivity index (χ4n) is 5.99. The second-order valence-corrected chi connectivity index (χ2v) is 15.9. The fourth-order valence-corrected chi connectivity index (χ4v) is 5.99. The number of carboxylic acid groups (broad SMARTS) is 1. The summed E-state index contributed by atoms with van der Waals surface area (Å²) in [6.45, 7) is 4.35. The summed E-state index contributed by atoms with van der Waals surface area (Å²) in [6, 6.07) is -0.739. The molecule has 0 fully saturated rings. The Morgan fingerprint density at radius 2 is 0.898 bits per heavy atom. The lowest BCUT2D eigenvalue weighted by molar-refractivity contribution is -0.889. The van der Waals surface area contributed by atoms with E-state index in [0.29, 0.717) is 19.3 Å². The predicted octanol–water partition coefficient (Wildman–Crippen LogP) is 11.4. The molecule has 0 aromatic carbocycles. The van der Waals surface area contributed by atoms with E-state index in [9.17, 15) is 19.5 Å². The summed E-state index contributed by atoms with van der Waals surface area (Å²) in [4.78, 5) is 36.8. The molecule has 0 aliphatic rings. The summed E-state index contributed by atoms with van der Waals surface area (Å²) >= 11 is 0. The van der Waals surface area contributed by atoms with Crippen LogP contribution in [0.4, 0.5) is 0 Å². The molecule has 0 saturated heterocycles. The van der Waals surface area contributed by atoms with Gasteiger partial charge in [-0.25, -0.2) is 0 Å². The van der Waals surface area contributed by atoms with Crippen LogP contribution < -0.4 is 5.11 Å². The van der Waals surface area contributed by atoms with Crippen molar-refractivity contribution in [2.75, 3.05) is 41.0 Å². The molecule has 0 rings (SSSR count). The van der Waals surface area contributed by atoms with Crippen LogP contribution in [0.5, 0.6) is 0 Å². The average molecular weight is 822 g/mol. The number of ether oxygens (including phenoxy) is 3. The number of unbranched alkanes of at least 4 members (excludes halogenated alkanes) is 9. The van der Waals surface area contributed by atoms with Gasteiger partial charge in [-0.1, -0.05) is 143 Å². The number of quaternary nitrogens is 1. The van der Waals surface area contributed by atoms with Crippen molar-refractivity contribution in [2.45, 2.75) is 167 Å². The van der Waals surface area contributed by atoms with Crippen molar-refractivity contribution in [1.29, 1.82) is 0 Å². The molecule has 0 aromatic rings. The van der Waals surface area contributed by atoms with Gasteiger partial charge in [0.15, 0.2) is 6.10 Å². The smallest absolute Gasteiger partial charge is 0.306 e. The van der Waals surface area contributed by atoms with Crippen molar-refractivity contribution >= 4 is 17.9 Å². The molecule has 0 heterocycles. The Hall–Kier alpha value is -3.75. The first-order valence-corrected chi connectivity index (χ1v) is 22.8. The van der Waals surface area contributed by atoms with Gasteiger partial charge < -0.3 is 28.6 Å². The van der Waals surface area contributed by atoms with Crippen molar-refractivity contribution in [1.82, 2.24) is 0 Å². The highest BCUT2D eigenvalue weighted by atomic mass is 16.6. The van der Waals surface area contributed by atoms with Crippen molar-refractivity contribution in [3.63, 3.8) is 0 Å². The number of likely N-dealkylation sites (N-methyl/N-ethyl adjacent to an activating group) is 1. The third-order valence-corrected chi connectivity index (χ3v) is 9.47. The minimum absolute atomic E-state index is 0.0175. The van der Waals surface area contributed by atoms with Gasteiger partial charge in [-0.2, -0.15) is 0 Å². The lowest BCUT2D eigenvalue weighted by atomic mass is 10.1. The van der Waals surface area contributed by atoms with Crippen LogP contribution in [0, 0.1) is 0 Å². The molecule has 0 N–H and O–H groups in total. The van der Waals surface area contributed by atoms with E-state index in [2.05, 4.69) is 111 Å². The number of rotatable bonds is 39. The van der Waals surface area contributed by atoms with E-state index in [1.807, 2.05) is 0 Å². The fraction of sp³-hybridized carbons (Fsp3) is 0.627. The maximum Gasteiger partial charge on any atom is 0.306 e. The first-order chi connectivity index (χ1) is 28.6. The van der Waals surface area contributed by atoms with Crippen LogP contribution in [0.25, 0.3) is 0 Å². The molecule has 0 aromatic heterocycles. The number of hydrogen-bond donors (Lipinski definition) is 0. The maximum atomic E-state index is 12.7. The van der Waals surface area contributed by atoms with E-state index in [0.717, 1.165) is 96.3 Å². The van der Waals surface area contributed by atoms with E-state index in [4.69, 9.17) is 14.2 Å². The Labute approximate surface area is 360 Å². The first kappa shape index (κ1) is 55.2. The van der Waals surface area contributed by atoms with E-state index < -0.39 is 18.1 Å². The van der Waals surface area contributed by atoms with Gasteiger partial charge in [0, 0.05) is 19.3 Å².